The summed E-state index contributed by atoms with van der Waals surface area (Å²) in [4.78, 5) is 13.3. The molecule has 0 aromatic heterocycles. The first-order valence-corrected chi connectivity index (χ1v) is 6.52. The van der Waals surface area contributed by atoms with E-state index in [0.717, 1.165) is 25.9 Å². The summed E-state index contributed by atoms with van der Waals surface area (Å²) < 4.78 is 13.7. The third-order valence-corrected chi connectivity index (χ3v) is 3.53. The summed E-state index contributed by atoms with van der Waals surface area (Å²) in [5.41, 5.74) is 0.0902. The molecule has 0 bridgehead atoms. The number of aromatic carboxylic acids is 1. The van der Waals surface area contributed by atoms with E-state index < -0.39 is 11.8 Å². The van der Waals surface area contributed by atoms with E-state index in [2.05, 4.69) is 17.3 Å². The third kappa shape index (κ3) is 3.44. The van der Waals surface area contributed by atoms with Crippen LogP contribution in [0.15, 0.2) is 18.2 Å². The molecule has 104 valence electrons. The Bertz CT molecular complexity index is 465. The molecule has 0 amide bonds. The minimum atomic E-state index is -1.11. The van der Waals surface area contributed by atoms with Crippen molar-refractivity contribution in [2.24, 2.45) is 5.92 Å². The molecule has 19 heavy (non-hydrogen) atoms. The molecule has 2 rings (SSSR count). The molecule has 1 aromatic rings. The maximum Gasteiger partial charge on any atom is 0.337 e. The second-order valence-electron chi connectivity index (χ2n) is 5.12. The van der Waals surface area contributed by atoms with Crippen molar-refractivity contribution in [2.75, 3.05) is 32.0 Å². The van der Waals surface area contributed by atoms with Crippen LogP contribution in [0.25, 0.3) is 0 Å². The van der Waals surface area contributed by atoms with Gasteiger partial charge in [-0.1, -0.05) is 6.07 Å². The zero-order chi connectivity index (χ0) is 13.8. The van der Waals surface area contributed by atoms with E-state index in [1.807, 2.05) is 0 Å². The molecule has 1 atom stereocenters. The molecule has 1 fully saturated rings. The molecule has 0 radical (unpaired) electrons. The van der Waals surface area contributed by atoms with Gasteiger partial charge in [0.1, 0.15) is 5.82 Å². The topological polar surface area (TPSA) is 52.6 Å². The fraction of sp³-hybridized carbons (Fsp3) is 0.500. The Kier molecular flexibility index (Phi) is 4.37. The number of halogens is 1. The second-order valence-corrected chi connectivity index (χ2v) is 5.12. The summed E-state index contributed by atoms with van der Waals surface area (Å²) in [6.07, 6.45) is 2.22. The van der Waals surface area contributed by atoms with Gasteiger partial charge in [-0.05, 0) is 44.5 Å². The van der Waals surface area contributed by atoms with Crippen molar-refractivity contribution in [1.82, 2.24) is 4.90 Å². The Morgan fingerprint density at radius 2 is 2.37 bits per heavy atom. The number of anilines is 1. The van der Waals surface area contributed by atoms with Crippen LogP contribution in [0.4, 0.5) is 10.1 Å². The molecule has 1 heterocycles. The Labute approximate surface area is 112 Å². The zero-order valence-electron chi connectivity index (χ0n) is 11.0. The van der Waals surface area contributed by atoms with Crippen LogP contribution in [0.5, 0.6) is 0 Å². The van der Waals surface area contributed by atoms with E-state index in [9.17, 15) is 9.18 Å². The number of para-hydroxylation sites is 1. The fourth-order valence-electron chi connectivity index (χ4n) is 2.57. The van der Waals surface area contributed by atoms with Crippen LogP contribution in [-0.2, 0) is 0 Å². The van der Waals surface area contributed by atoms with Crippen molar-refractivity contribution in [3.8, 4) is 0 Å². The Morgan fingerprint density at radius 3 is 3.05 bits per heavy atom. The van der Waals surface area contributed by atoms with Gasteiger partial charge < -0.3 is 15.3 Å². The van der Waals surface area contributed by atoms with E-state index in [1.54, 1.807) is 0 Å². The molecule has 4 nitrogen and oxygen atoms in total. The van der Waals surface area contributed by atoms with Gasteiger partial charge in [0.2, 0.25) is 0 Å². The minimum Gasteiger partial charge on any atom is -0.478 e. The van der Waals surface area contributed by atoms with Gasteiger partial charge in [0.15, 0.2) is 0 Å². The van der Waals surface area contributed by atoms with Gasteiger partial charge in [-0.25, -0.2) is 9.18 Å². The predicted octanol–water partition coefficient (Wildman–Crippen LogP) is 2.28. The maximum absolute atomic E-state index is 13.7. The normalized spacial score (nSPS) is 20.2. The van der Waals surface area contributed by atoms with Crippen LogP contribution in [0, 0.1) is 11.7 Å². The van der Waals surface area contributed by atoms with Crippen LogP contribution in [0.3, 0.4) is 0 Å². The number of hydrogen-bond acceptors (Lipinski definition) is 3. The Balaban J connectivity index is 2.04. The SMILES string of the molecule is CN1CCCC(CNc2c(F)cccc2C(=O)O)C1. The van der Waals surface area contributed by atoms with Gasteiger partial charge in [0.05, 0.1) is 11.3 Å². The van der Waals surface area contributed by atoms with Crippen molar-refractivity contribution >= 4 is 11.7 Å². The summed E-state index contributed by atoms with van der Waals surface area (Å²) in [7, 11) is 2.07. The average molecular weight is 266 g/mol. The number of likely N-dealkylation sites (tertiary alicyclic amines) is 1. The summed E-state index contributed by atoms with van der Waals surface area (Å²) in [6.45, 7) is 2.66. The van der Waals surface area contributed by atoms with E-state index in [-0.39, 0.29) is 11.3 Å². The fourth-order valence-corrected chi connectivity index (χ4v) is 2.57. The first-order valence-electron chi connectivity index (χ1n) is 6.52. The molecular formula is C14H19FN2O2. The van der Waals surface area contributed by atoms with E-state index in [0.29, 0.717) is 12.5 Å². The highest BCUT2D eigenvalue weighted by molar-refractivity contribution is 5.94. The van der Waals surface area contributed by atoms with Gasteiger partial charge in [-0.3, -0.25) is 0 Å². The Hall–Kier alpha value is -1.62. The first kappa shape index (κ1) is 13.8. The number of carboxylic acid groups (broad SMARTS) is 1. The highest BCUT2D eigenvalue weighted by atomic mass is 19.1. The molecule has 0 aliphatic carbocycles. The lowest BCUT2D eigenvalue weighted by molar-refractivity contribution is 0.0697. The summed E-state index contributed by atoms with van der Waals surface area (Å²) in [5, 5.41) is 12.0. The van der Waals surface area contributed by atoms with Gasteiger partial charge >= 0.3 is 5.97 Å². The number of carbonyl (C=O) groups is 1. The standard InChI is InChI=1S/C14H19FN2O2/c1-17-7-3-4-10(9-17)8-16-13-11(14(18)19)5-2-6-12(13)15/h2,5-6,10,16H,3-4,7-9H2,1H3,(H,18,19). The number of rotatable bonds is 4. The van der Waals surface area contributed by atoms with E-state index in [1.165, 1.54) is 18.2 Å². The lowest BCUT2D eigenvalue weighted by Crippen LogP contribution is -2.35. The third-order valence-electron chi connectivity index (χ3n) is 3.53. The zero-order valence-corrected chi connectivity index (χ0v) is 11.0. The Morgan fingerprint density at radius 1 is 1.58 bits per heavy atom. The van der Waals surface area contributed by atoms with Crippen molar-refractivity contribution in [1.29, 1.82) is 0 Å². The molecule has 0 saturated carbocycles. The molecule has 5 heteroatoms. The van der Waals surface area contributed by atoms with E-state index in [4.69, 9.17) is 5.11 Å². The highest BCUT2D eigenvalue weighted by Gasteiger charge is 2.19. The van der Waals surface area contributed by atoms with Crippen molar-refractivity contribution in [3.05, 3.63) is 29.6 Å². The number of carboxylic acids is 1. The lowest BCUT2D eigenvalue weighted by atomic mass is 9.98. The second kappa shape index (κ2) is 6.02. The predicted molar refractivity (Wildman–Crippen MR) is 72.1 cm³/mol. The summed E-state index contributed by atoms with van der Waals surface area (Å²) in [6, 6.07) is 4.11. The van der Waals surface area contributed by atoms with Crippen molar-refractivity contribution in [3.63, 3.8) is 0 Å². The molecule has 1 aliphatic rings. The van der Waals surface area contributed by atoms with Crippen LogP contribution in [-0.4, -0.2) is 42.7 Å². The van der Waals surface area contributed by atoms with Crippen molar-refractivity contribution < 1.29 is 14.3 Å². The lowest BCUT2D eigenvalue weighted by Gasteiger charge is -2.30. The van der Waals surface area contributed by atoms with Gasteiger partial charge in [0, 0.05) is 13.1 Å². The monoisotopic (exact) mass is 266 g/mol. The molecular weight excluding hydrogens is 247 g/mol. The molecule has 1 aromatic carbocycles. The quantitative estimate of drug-likeness (QED) is 0.878. The minimum absolute atomic E-state index is 0.0100. The largest absolute Gasteiger partial charge is 0.478 e. The molecule has 2 N–H and O–H groups in total. The highest BCUT2D eigenvalue weighted by Crippen LogP contribution is 2.22. The molecule has 1 saturated heterocycles. The number of hydrogen-bond donors (Lipinski definition) is 2. The van der Waals surface area contributed by atoms with Gasteiger partial charge in [-0.2, -0.15) is 0 Å². The van der Waals surface area contributed by atoms with Crippen LogP contribution in [0.1, 0.15) is 23.2 Å². The van der Waals surface area contributed by atoms with Crippen molar-refractivity contribution in [2.45, 2.75) is 12.8 Å². The summed E-state index contributed by atoms with van der Waals surface area (Å²) in [5.74, 6) is -1.19. The number of benzene rings is 1. The number of piperidine rings is 1. The molecule has 0 spiro atoms. The average Bonchev–Trinajstić information content (AvgIpc) is 2.37. The smallest absolute Gasteiger partial charge is 0.337 e. The van der Waals surface area contributed by atoms with Crippen LogP contribution in [0.2, 0.25) is 0 Å². The maximum atomic E-state index is 13.7. The molecule has 1 unspecified atom stereocenters. The molecule has 1 aliphatic heterocycles. The summed E-state index contributed by atoms with van der Waals surface area (Å²) >= 11 is 0. The number of nitrogens with one attached hydrogen (secondary N) is 1. The van der Waals surface area contributed by atoms with Crippen LogP contribution < -0.4 is 5.32 Å². The first-order chi connectivity index (χ1) is 9.08. The van der Waals surface area contributed by atoms with Gasteiger partial charge in [0.25, 0.3) is 0 Å². The number of nitrogens with zero attached hydrogens (tertiary/aromatic N) is 1. The van der Waals surface area contributed by atoms with Crippen LogP contribution >= 0.6 is 0 Å². The van der Waals surface area contributed by atoms with E-state index >= 15 is 0 Å². The van der Waals surface area contributed by atoms with Gasteiger partial charge in [-0.15, -0.1) is 0 Å².